The first kappa shape index (κ1) is 24.0. The smallest absolute Gasteiger partial charge is 0.191 e. The molecule has 2 aliphatic rings. The fourth-order valence-electron chi connectivity index (χ4n) is 4.55. The van der Waals surface area contributed by atoms with Crippen LogP contribution in [0.3, 0.4) is 0 Å². The molecule has 174 valence electrons. The first-order chi connectivity index (χ1) is 15.1. The molecule has 0 radical (unpaired) electrons. The van der Waals surface area contributed by atoms with E-state index in [2.05, 4.69) is 69.6 Å². The third-order valence-electron chi connectivity index (χ3n) is 6.58. The van der Waals surface area contributed by atoms with Crippen molar-refractivity contribution >= 4 is 5.96 Å². The van der Waals surface area contributed by atoms with Crippen LogP contribution in [0.1, 0.15) is 51.5 Å². The van der Waals surface area contributed by atoms with E-state index in [-0.39, 0.29) is 0 Å². The van der Waals surface area contributed by atoms with Crippen LogP contribution >= 0.6 is 0 Å². The van der Waals surface area contributed by atoms with Crippen LogP contribution in [0, 0.1) is 0 Å². The van der Waals surface area contributed by atoms with Crippen molar-refractivity contribution < 1.29 is 4.74 Å². The molecule has 2 aliphatic heterocycles. The number of hydrogen-bond donors (Lipinski definition) is 2. The molecule has 1 aromatic rings. The highest BCUT2D eigenvalue weighted by Gasteiger charge is 2.22. The molecule has 0 atom stereocenters. The number of nitrogens with one attached hydrogen (secondary N) is 2. The topological polar surface area (TPSA) is 52.1 Å². The lowest BCUT2D eigenvalue weighted by Gasteiger charge is -2.35. The average molecular weight is 430 g/mol. The van der Waals surface area contributed by atoms with Crippen molar-refractivity contribution in [2.75, 3.05) is 46.4 Å². The first-order valence-corrected chi connectivity index (χ1v) is 12.2. The van der Waals surface area contributed by atoms with Crippen LogP contribution in [-0.4, -0.2) is 80.3 Å². The number of guanidine groups is 1. The van der Waals surface area contributed by atoms with Gasteiger partial charge in [-0.25, -0.2) is 0 Å². The number of piperidine rings is 2. The van der Waals surface area contributed by atoms with Gasteiger partial charge < -0.3 is 20.3 Å². The lowest BCUT2D eigenvalue weighted by molar-refractivity contribution is 0.00534. The molecule has 0 saturated carbocycles. The number of likely N-dealkylation sites (tertiary alicyclic amines) is 2. The lowest BCUT2D eigenvalue weighted by atomic mass is 10.0. The second kappa shape index (κ2) is 13.0. The molecule has 6 heteroatoms. The van der Waals surface area contributed by atoms with Crippen molar-refractivity contribution in [3.05, 3.63) is 35.9 Å². The Morgan fingerprint density at radius 3 is 2.42 bits per heavy atom. The van der Waals surface area contributed by atoms with Gasteiger partial charge in [0.2, 0.25) is 0 Å². The molecular weight excluding hydrogens is 386 g/mol. The second-order valence-corrected chi connectivity index (χ2v) is 9.23. The van der Waals surface area contributed by atoms with Crippen LogP contribution in [0.15, 0.2) is 35.3 Å². The number of ether oxygens (including phenoxy) is 1. The van der Waals surface area contributed by atoms with Crippen molar-refractivity contribution in [1.82, 2.24) is 20.4 Å². The molecule has 0 bridgehead atoms. The Hall–Kier alpha value is -1.63. The van der Waals surface area contributed by atoms with Gasteiger partial charge in [-0.05, 0) is 51.5 Å². The van der Waals surface area contributed by atoms with E-state index >= 15 is 0 Å². The predicted octanol–water partition coefficient (Wildman–Crippen LogP) is 3.10. The number of aliphatic imine (C=N–C) groups is 1. The molecule has 0 unspecified atom stereocenters. The summed E-state index contributed by atoms with van der Waals surface area (Å²) in [5.41, 5.74) is 1.40. The molecule has 3 rings (SSSR count). The largest absolute Gasteiger partial charge is 0.378 e. The third-order valence-corrected chi connectivity index (χ3v) is 6.58. The van der Waals surface area contributed by atoms with E-state index in [1.165, 1.54) is 31.5 Å². The monoisotopic (exact) mass is 429 g/mol. The van der Waals surface area contributed by atoms with Gasteiger partial charge in [0.1, 0.15) is 0 Å². The summed E-state index contributed by atoms with van der Waals surface area (Å²) >= 11 is 0. The highest BCUT2D eigenvalue weighted by Crippen LogP contribution is 2.16. The molecule has 0 aromatic heterocycles. The van der Waals surface area contributed by atoms with Crippen molar-refractivity contribution in [3.63, 3.8) is 0 Å². The fraction of sp³-hybridized carbons (Fsp3) is 0.720. The maximum absolute atomic E-state index is 6.15. The number of hydrogen-bond acceptors (Lipinski definition) is 4. The van der Waals surface area contributed by atoms with Gasteiger partial charge in [0.05, 0.1) is 6.10 Å². The molecule has 2 fully saturated rings. The fourth-order valence-corrected chi connectivity index (χ4v) is 4.55. The van der Waals surface area contributed by atoms with Crippen LogP contribution in [-0.2, 0) is 11.3 Å². The first-order valence-electron chi connectivity index (χ1n) is 12.2. The predicted molar refractivity (Wildman–Crippen MR) is 130 cm³/mol. The zero-order valence-electron chi connectivity index (χ0n) is 19.9. The van der Waals surface area contributed by atoms with Gasteiger partial charge in [-0.1, -0.05) is 30.3 Å². The molecule has 0 amide bonds. The Kier molecular flexibility index (Phi) is 10.1. The summed E-state index contributed by atoms with van der Waals surface area (Å²) in [4.78, 5) is 9.49. The Morgan fingerprint density at radius 2 is 1.77 bits per heavy atom. The summed E-state index contributed by atoms with van der Waals surface area (Å²) < 4.78 is 6.15. The lowest BCUT2D eigenvalue weighted by Crippen LogP contribution is -2.50. The van der Waals surface area contributed by atoms with E-state index in [1.54, 1.807) is 0 Å². The summed E-state index contributed by atoms with van der Waals surface area (Å²) in [5, 5.41) is 7.06. The van der Waals surface area contributed by atoms with Gasteiger partial charge in [-0.2, -0.15) is 0 Å². The number of benzene rings is 1. The van der Waals surface area contributed by atoms with Gasteiger partial charge in [0, 0.05) is 65.0 Å². The molecule has 2 heterocycles. The maximum Gasteiger partial charge on any atom is 0.191 e. The molecule has 2 saturated heterocycles. The highest BCUT2D eigenvalue weighted by molar-refractivity contribution is 5.79. The van der Waals surface area contributed by atoms with E-state index in [4.69, 9.17) is 4.74 Å². The summed E-state index contributed by atoms with van der Waals surface area (Å²) in [5.74, 6) is 0.928. The Bertz CT molecular complexity index is 635. The average Bonchev–Trinajstić information content (AvgIpc) is 2.80. The van der Waals surface area contributed by atoms with Gasteiger partial charge in [-0.3, -0.25) is 9.89 Å². The molecular formula is C25H43N5O. The second-order valence-electron chi connectivity index (χ2n) is 9.23. The van der Waals surface area contributed by atoms with E-state index in [1.807, 2.05) is 7.05 Å². The summed E-state index contributed by atoms with van der Waals surface area (Å²) in [6.07, 6.45) is 6.07. The van der Waals surface area contributed by atoms with Crippen LogP contribution < -0.4 is 10.6 Å². The number of rotatable bonds is 9. The van der Waals surface area contributed by atoms with E-state index in [0.29, 0.717) is 18.2 Å². The van der Waals surface area contributed by atoms with Crippen LogP contribution in [0.25, 0.3) is 0 Å². The van der Waals surface area contributed by atoms with Crippen molar-refractivity contribution in [3.8, 4) is 0 Å². The van der Waals surface area contributed by atoms with Crippen molar-refractivity contribution in [2.24, 2.45) is 4.99 Å². The van der Waals surface area contributed by atoms with Crippen LogP contribution in [0.4, 0.5) is 0 Å². The van der Waals surface area contributed by atoms with Gasteiger partial charge >= 0.3 is 0 Å². The van der Waals surface area contributed by atoms with E-state index < -0.39 is 0 Å². The van der Waals surface area contributed by atoms with E-state index in [0.717, 1.165) is 58.0 Å². The normalized spacial score (nSPS) is 20.3. The summed E-state index contributed by atoms with van der Waals surface area (Å²) in [6, 6.07) is 11.9. The number of nitrogens with zero attached hydrogens (tertiary/aromatic N) is 3. The van der Waals surface area contributed by atoms with E-state index in [9.17, 15) is 0 Å². The summed E-state index contributed by atoms with van der Waals surface area (Å²) in [6.45, 7) is 11.9. The van der Waals surface area contributed by atoms with Gasteiger partial charge in [0.15, 0.2) is 5.96 Å². The van der Waals surface area contributed by atoms with Gasteiger partial charge in [0.25, 0.3) is 0 Å². The molecule has 1 aromatic carbocycles. The minimum absolute atomic E-state index is 0.413. The van der Waals surface area contributed by atoms with Crippen LogP contribution in [0.2, 0.25) is 0 Å². The molecule has 0 aliphatic carbocycles. The molecule has 0 spiro atoms. The van der Waals surface area contributed by atoms with Crippen molar-refractivity contribution in [1.29, 1.82) is 0 Å². The maximum atomic E-state index is 6.15. The standard InChI is InChI=1S/C25H43N5O/c1-21(2)30-17-10-23(11-18-30)28-25(26-3)27-14-7-19-31-24-12-15-29(16-13-24)20-22-8-5-4-6-9-22/h4-6,8-9,21,23-24H,7,10-20H2,1-3H3,(H2,26,27,28). The minimum Gasteiger partial charge on any atom is -0.378 e. The zero-order valence-corrected chi connectivity index (χ0v) is 19.9. The molecule has 2 N–H and O–H groups in total. The Morgan fingerprint density at radius 1 is 1.06 bits per heavy atom. The van der Waals surface area contributed by atoms with Gasteiger partial charge in [-0.15, -0.1) is 0 Å². The SMILES string of the molecule is CN=C(NCCCOC1CCN(Cc2ccccc2)CC1)NC1CCN(C(C)C)CC1. The summed E-state index contributed by atoms with van der Waals surface area (Å²) in [7, 11) is 1.86. The third kappa shape index (κ3) is 8.43. The van der Waals surface area contributed by atoms with Crippen LogP contribution in [0.5, 0.6) is 0 Å². The molecule has 6 nitrogen and oxygen atoms in total. The minimum atomic E-state index is 0.413. The molecule has 31 heavy (non-hydrogen) atoms. The Balaban J connectivity index is 1.22. The quantitative estimate of drug-likeness (QED) is 0.359. The highest BCUT2D eigenvalue weighted by atomic mass is 16.5. The Labute approximate surface area is 189 Å². The zero-order chi connectivity index (χ0) is 21.9. The van der Waals surface area contributed by atoms with Crippen molar-refractivity contribution in [2.45, 2.75) is 70.7 Å².